The molecule has 3 aromatic heterocycles. The van der Waals surface area contributed by atoms with Crippen molar-refractivity contribution in [1.29, 1.82) is 0 Å². The molecule has 0 aliphatic carbocycles. The number of fused-ring (bicyclic) bond motifs is 1. The Hall–Kier alpha value is -2.37. The molecule has 0 saturated heterocycles. The van der Waals surface area contributed by atoms with Crippen molar-refractivity contribution in [1.82, 2.24) is 24.4 Å². The predicted molar refractivity (Wildman–Crippen MR) is 94.5 cm³/mol. The first-order chi connectivity index (χ1) is 11.6. The summed E-state index contributed by atoms with van der Waals surface area (Å²) in [6.07, 6.45) is 5.75. The normalized spacial score (nSPS) is 11.3. The minimum Gasteiger partial charge on any atom is -0.306 e. The van der Waals surface area contributed by atoms with Crippen molar-refractivity contribution in [2.45, 2.75) is 13.5 Å². The molecular weight excluding hydrogens is 345 g/mol. The Morgan fingerprint density at radius 3 is 2.58 bits per heavy atom. The average Bonchev–Trinajstić information content (AvgIpc) is 3.18. The smallest absolute Gasteiger partial charge is 0.137 e. The summed E-state index contributed by atoms with van der Waals surface area (Å²) in [5, 5.41) is 9.68. The molecule has 0 spiro atoms. The third kappa shape index (κ3) is 2.77. The van der Waals surface area contributed by atoms with Crippen LogP contribution in [0, 0.1) is 6.92 Å². The van der Waals surface area contributed by atoms with Gasteiger partial charge in [-0.3, -0.25) is 0 Å². The van der Waals surface area contributed by atoms with Gasteiger partial charge in [0.2, 0.25) is 0 Å². The van der Waals surface area contributed by atoms with E-state index < -0.39 is 0 Å². The summed E-state index contributed by atoms with van der Waals surface area (Å²) in [6, 6.07) is 9.66. The second-order valence-corrected chi connectivity index (χ2v) is 6.39. The minimum absolute atomic E-state index is 0.542. The summed E-state index contributed by atoms with van der Waals surface area (Å²) >= 11 is 12.4. The number of hydrogen-bond donors (Lipinski definition) is 0. The first kappa shape index (κ1) is 15.2. The Balaban J connectivity index is 1.63. The van der Waals surface area contributed by atoms with Crippen molar-refractivity contribution in [3.63, 3.8) is 0 Å². The van der Waals surface area contributed by atoms with E-state index in [1.807, 2.05) is 60.2 Å². The van der Waals surface area contributed by atoms with Crippen molar-refractivity contribution in [3.05, 3.63) is 70.1 Å². The lowest BCUT2D eigenvalue weighted by molar-refractivity contribution is 0.649. The summed E-state index contributed by atoms with van der Waals surface area (Å²) in [5.74, 6) is 0. The molecule has 0 fully saturated rings. The quantitative estimate of drug-likeness (QED) is 0.550. The van der Waals surface area contributed by atoms with Gasteiger partial charge in [-0.25, -0.2) is 9.67 Å². The number of aromatic nitrogens is 5. The number of imidazole rings is 1. The molecule has 0 saturated carbocycles. The van der Waals surface area contributed by atoms with E-state index in [2.05, 4.69) is 15.3 Å². The maximum atomic E-state index is 6.19. The third-order valence-electron chi connectivity index (χ3n) is 3.85. The second-order valence-electron chi connectivity index (χ2n) is 5.58. The van der Waals surface area contributed by atoms with Gasteiger partial charge in [0.1, 0.15) is 17.0 Å². The van der Waals surface area contributed by atoms with Crippen molar-refractivity contribution in [2.24, 2.45) is 0 Å². The Morgan fingerprint density at radius 1 is 1.04 bits per heavy atom. The van der Waals surface area contributed by atoms with E-state index in [1.165, 1.54) is 0 Å². The number of rotatable bonds is 3. The summed E-state index contributed by atoms with van der Waals surface area (Å²) < 4.78 is 3.70. The van der Waals surface area contributed by atoms with Crippen molar-refractivity contribution in [3.8, 4) is 11.4 Å². The van der Waals surface area contributed by atoms with E-state index in [0.29, 0.717) is 16.6 Å². The zero-order chi connectivity index (χ0) is 16.7. The topological polar surface area (TPSA) is 48.0 Å². The van der Waals surface area contributed by atoms with Gasteiger partial charge in [0.15, 0.2) is 0 Å². The lowest BCUT2D eigenvalue weighted by Gasteiger charge is -2.06. The standard InChI is InChI=1S/C17H13Cl2N5/c1-11-13(18)6-12(7-14(11)19)8-24-10-16(21-22-24)15-9-23-5-3-2-4-17(23)20-15/h2-7,9-10H,8H2,1H3. The van der Waals surface area contributed by atoms with Crippen LogP contribution in [0.4, 0.5) is 0 Å². The van der Waals surface area contributed by atoms with Gasteiger partial charge in [-0.1, -0.05) is 34.5 Å². The van der Waals surface area contributed by atoms with Gasteiger partial charge in [0.25, 0.3) is 0 Å². The first-order valence-electron chi connectivity index (χ1n) is 7.39. The van der Waals surface area contributed by atoms with E-state index in [4.69, 9.17) is 23.2 Å². The first-order valence-corrected chi connectivity index (χ1v) is 8.14. The van der Waals surface area contributed by atoms with Crippen LogP contribution in [0.15, 0.2) is 48.9 Å². The maximum absolute atomic E-state index is 6.19. The summed E-state index contributed by atoms with van der Waals surface area (Å²) in [7, 11) is 0. The molecule has 0 bridgehead atoms. The zero-order valence-electron chi connectivity index (χ0n) is 12.8. The van der Waals surface area contributed by atoms with Crippen LogP contribution in [0.1, 0.15) is 11.1 Å². The molecule has 4 rings (SSSR count). The molecule has 0 aliphatic rings. The van der Waals surface area contributed by atoms with Gasteiger partial charge in [-0.05, 0) is 42.3 Å². The highest BCUT2D eigenvalue weighted by Crippen LogP contribution is 2.26. The highest BCUT2D eigenvalue weighted by Gasteiger charge is 2.10. The van der Waals surface area contributed by atoms with Crippen LogP contribution >= 0.6 is 23.2 Å². The molecule has 0 N–H and O–H groups in total. The van der Waals surface area contributed by atoms with Crippen molar-refractivity contribution in [2.75, 3.05) is 0 Å². The van der Waals surface area contributed by atoms with Crippen molar-refractivity contribution < 1.29 is 0 Å². The predicted octanol–water partition coefficient (Wildman–Crippen LogP) is 4.26. The fourth-order valence-electron chi connectivity index (χ4n) is 2.53. The largest absolute Gasteiger partial charge is 0.306 e. The highest BCUT2D eigenvalue weighted by molar-refractivity contribution is 6.36. The summed E-state index contributed by atoms with van der Waals surface area (Å²) in [6.45, 7) is 2.44. The van der Waals surface area contributed by atoms with Crippen molar-refractivity contribution >= 4 is 28.8 Å². The van der Waals surface area contributed by atoms with E-state index in [0.717, 1.165) is 28.2 Å². The summed E-state index contributed by atoms with van der Waals surface area (Å²) in [4.78, 5) is 4.55. The third-order valence-corrected chi connectivity index (χ3v) is 4.64. The maximum Gasteiger partial charge on any atom is 0.137 e. The van der Waals surface area contributed by atoms with E-state index in [9.17, 15) is 0 Å². The van der Waals surface area contributed by atoms with Crippen LogP contribution in [0.3, 0.4) is 0 Å². The van der Waals surface area contributed by atoms with E-state index in [1.54, 1.807) is 4.68 Å². The number of pyridine rings is 1. The number of halogens is 2. The van der Waals surface area contributed by atoms with Crippen LogP contribution < -0.4 is 0 Å². The second kappa shape index (κ2) is 5.92. The fourth-order valence-corrected chi connectivity index (χ4v) is 3.06. The highest BCUT2D eigenvalue weighted by atomic mass is 35.5. The molecule has 7 heteroatoms. The van der Waals surface area contributed by atoms with Crippen LogP contribution in [0.2, 0.25) is 10.0 Å². The van der Waals surface area contributed by atoms with Crippen LogP contribution in [-0.2, 0) is 6.54 Å². The van der Waals surface area contributed by atoms with E-state index in [-0.39, 0.29) is 0 Å². The fraction of sp³-hybridized carbons (Fsp3) is 0.118. The molecule has 1 aromatic carbocycles. The molecular formula is C17H13Cl2N5. The molecule has 0 aliphatic heterocycles. The monoisotopic (exact) mass is 357 g/mol. The van der Waals surface area contributed by atoms with Gasteiger partial charge >= 0.3 is 0 Å². The molecule has 0 atom stereocenters. The van der Waals surface area contributed by atoms with Gasteiger partial charge in [0.05, 0.1) is 12.7 Å². The molecule has 3 heterocycles. The Morgan fingerprint density at radius 2 is 1.83 bits per heavy atom. The SMILES string of the molecule is Cc1c(Cl)cc(Cn2cc(-c3cn4ccccc4n3)nn2)cc1Cl. The molecule has 4 aromatic rings. The Kier molecular flexibility index (Phi) is 3.75. The van der Waals surface area contributed by atoms with E-state index >= 15 is 0 Å². The Bertz CT molecular complexity index is 978. The zero-order valence-corrected chi connectivity index (χ0v) is 14.3. The molecule has 5 nitrogen and oxygen atoms in total. The summed E-state index contributed by atoms with van der Waals surface area (Å²) in [5.41, 5.74) is 4.24. The molecule has 120 valence electrons. The molecule has 0 amide bonds. The van der Waals surface area contributed by atoms with Gasteiger partial charge < -0.3 is 4.40 Å². The molecule has 0 unspecified atom stereocenters. The van der Waals surface area contributed by atoms with Crippen LogP contribution in [0.25, 0.3) is 17.0 Å². The van der Waals surface area contributed by atoms with Crippen LogP contribution in [0.5, 0.6) is 0 Å². The lowest BCUT2D eigenvalue weighted by atomic mass is 10.1. The van der Waals surface area contributed by atoms with Crippen LogP contribution in [-0.4, -0.2) is 24.4 Å². The van der Waals surface area contributed by atoms with Gasteiger partial charge in [0, 0.05) is 22.4 Å². The minimum atomic E-state index is 0.542. The Labute approximate surface area is 148 Å². The lowest BCUT2D eigenvalue weighted by Crippen LogP contribution is -2.01. The number of benzene rings is 1. The van der Waals surface area contributed by atoms with Gasteiger partial charge in [-0.2, -0.15) is 0 Å². The molecule has 24 heavy (non-hydrogen) atoms. The number of hydrogen-bond acceptors (Lipinski definition) is 3. The van der Waals surface area contributed by atoms with Gasteiger partial charge in [-0.15, -0.1) is 5.10 Å². The average molecular weight is 358 g/mol. The molecule has 0 radical (unpaired) electrons. The number of nitrogens with zero attached hydrogens (tertiary/aromatic N) is 5.